The van der Waals surface area contributed by atoms with E-state index >= 15 is 0 Å². The van der Waals surface area contributed by atoms with Crippen LogP contribution in [0.2, 0.25) is 0 Å². The molecular formula is C14H12O3. The van der Waals surface area contributed by atoms with E-state index in [0.29, 0.717) is 22.5 Å². The molecule has 3 rings (SSSR count). The molecule has 3 nitrogen and oxygen atoms in total. The van der Waals surface area contributed by atoms with Gasteiger partial charge in [-0.3, -0.25) is 4.79 Å². The smallest absolute Gasteiger partial charge is 0.297 e. The van der Waals surface area contributed by atoms with Crippen LogP contribution in [0.1, 0.15) is 19.4 Å². The van der Waals surface area contributed by atoms with Crippen molar-refractivity contribution in [2.45, 2.75) is 19.4 Å². The second-order valence-corrected chi connectivity index (χ2v) is 4.67. The Hall–Kier alpha value is -2.03. The standard InChI is InChI=1S/C14H12O3/c1-14(2)8-7-10-12(15)9-5-3-4-6-11(9)16-13(10)17-14/h3-8H,1-2H3. The number of para-hydroxylation sites is 1. The minimum Gasteiger partial charge on any atom is -0.454 e. The molecule has 0 fully saturated rings. The van der Waals surface area contributed by atoms with Crippen molar-refractivity contribution in [2.24, 2.45) is 0 Å². The number of fused-ring (bicyclic) bond motifs is 2. The first kappa shape index (κ1) is 10.1. The van der Waals surface area contributed by atoms with Crippen LogP contribution < -0.4 is 10.2 Å². The number of ether oxygens (including phenoxy) is 1. The van der Waals surface area contributed by atoms with Gasteiger partial charge in [-0.15, -0.1) is 0 Å². The lowest BCUT2D eigenvalue weighted by atomic mass is 10.0. The zero-order chi connectivity index (χ0) is 12.0. The molecule has 1 aromatic heterocycles. The van der Waals surface area contributed by atoms with E-state index in [-0.39, 0.29) is 5.43 Å². The summed E-state index contributed by atoms with van der Waals surface area (Å²) in [6.45, 7) is 3.84. The van der Waals surface area contributed by atoms with Crippen molar-refractivity contribution in [3.63, 3.8) is 0 Å². The largest absolute Gasteiger partial charge is 0.454 e. The third-order valence-corrected chi connectivity index (χ3v) is 2.81. The van der Waals surface area contributed by atoms with Gasteiger partial charge in [-0.05, 0) is 38.1 Å². The van der Waals surface area contributed by atoms with E-state index in [0.717, 1.165) is 0 Å². The van der Waals surface area contributed by atoms with Crippen molar-refractivity contribution in [2.75, 3.05) is 0 Å². The van der Waals surface area contributed by atoms with E-state index in [9.17, 15) is 4.79 Å². The zero-order valence-electron chi connectivity index (χ0n) is 9.69. The van der Waals surface area contributed by atoms with E-state index in [4.69, 9.17) is 9.15 Å². The van der Waals surface area contributed by atoms with Crippen LogP contribution in [0, 0.1) is 0 Å². The molecule has 1 aliphatic heterocycles. The van der Waals surface area contributed by atoms with Gasteiger partial charge < -0.3 is 9.15 Å². The van der Waals surface area contributed by atoms with Crippen LogP contribution in [0.25, 0.3) is 17.0 Å². The molecule has 2 heterocycles. The summed E-state index contributed by atoms with van der Waals surface area (Å²) in [7, 11) is 0. The molecule has 0 amide bonds. The second-order valence-electron chi connectivity index (χ2n) is 4.67. The fourth-order valence-electron chi connectivity index (χ4n) is 1.91. The summed E-state index contributed by atoms with van der Waals surface area (Å²) in [6.07, 6.45) is 3.64. The van der Waals surface area contributed by atoms with Crippen LogP contribution in [0.15, 0.2) is 39.6 Å². The Labute approximate surface area is 98.3 Å². The van der Waals surface area contributed by atoms with Gasteiger partial charge in [0.15, 0.2) is 0 Å². The summed E-state index contributed by atoms with van der Waals surface area (Å²) in [5.41, 5.74) is 0.560. The highest BCUT2D eigenvalue weighted by Gasteiger charge is 2.26. The van der Waals surface area contributed by atoms with E-state index in [1.54, 1.807) is 18.2 Å². The molecular weight excluding hydrogens is 216 g/mol. The van der Waals surface area contributed by atoms with Crippen molar-refractivity contribution in [3.8, 4) is 5.95 Å². The molecule has 86 valence electrons. The number of benzene rings is 1. The van der Waals surface area contributed by atoms with Crippen LogP contribution in [0.3, 0.4) is 0 Å². The fraction of sp³-hybridized carbons (Fsp3) is 0.214. The van der Waals surface area contributed by atoms with Crippen molar-refractivity contribution >= 4 is 17.0 Å². The third-order valence-electron chi connectivity index (χ3n) is 2.81. The van der Waals surface area contributed by atoms with Gasteiger partial charge in [-0.1, -0.05) is 12.1 Å². The summed E-state index contributed by atoms with van der Waals surface area (Å²) in [4.78, 5) is 12.2. The zero-order valence-corrected chi connectivity index (χ0v) is 9.69. The van der Waals surface area contributed by atoms with Crippen molar-refractivity contribution in [3.05, 3.63) is 46.1 Å². The van der Waals surface area contributed by atoms with Gasteiger partial charge >= 0.3 is 0 Å². The van der Waals surface area contributed by atoms with Gasteiger partial charge in [0, 0.05) is 0 Å². The van der Waals surface area contributed by atoms with Gasteiger partial charge in [-0.2, -0.15) is 0 Å². The van der Waals surface area contributed by atoms with Gasteiger partial charge in [-0.25, -0.2) is 0 Å². The summed E-state index contributed by atoms with van der Waals surface area (Å²) in [6, 6.07) is 7.19. The Bertz CT molecular complexity index is 677. The molecule has 0 N–H and O–H groups in total. The maximum atomic E-state index is 12.2. The highest BCUT2D eigenvalue weighted by atomic mass is 16.6. The number of hydrogen-bond acceptors (Lipinski definition) is 3. The molecule has 0 saturated heterocycles. The second kappa shape index (κ2) is 3.23. The molecule has 0 saturated carbocycles. The molecule has 0 aliphatic carbocycles. The first-order valence-electron chi connectivity index (χ1n) is 5.51. The van der Waals surface area contributed by atoms with E-state index < -0.39 is 5.60 Å². The minimum absolute atomic E-state index is 0.0476. The Morgan fingerprint density at radius 2 is 1.94 bits per heavy atom. The van der Waals surface area contributed by atoms with E-state index in [2.05, 4.69) is 0 Å². The maximum absolute atomic E-state index is 12.2. The monoisotopic (exact) mass is 228 g/mol. The fourth-order valence-corrected chi connectivity index (χ4v) is 1.91. The first-order valence-corrected chi connectivity index (χ1v) is 5.51. The Morgan fingerprint density at radius 1 is 1.18 bits per heavy atom. The van der Waals surface area contributed by atoms with Crippen LogP contribution in [-0.2, 0) is 0 Å². The molecule has 1 aromatic carbocycles. The SMILES string of the molecule is CC1(C)C=Cc2c(oc3ccccc3c2=O)O1. The molecule has 1 aliphatic rings. The summed E-state index contributed by atoms with van der Waals surface area (Å²) in [5, 5.41) is 0.583. The van der Waals surface area contributed by atoms with E-state index in [1.165, 1.54) is 0 Å². The van der Waals surface area contributed by atoms with Crippen LogP contribution >= 0.6 is 0 Å². The molecule has 0 unspecified atom stereocenters. The number of rotatable bonds is 0. The molecule has 0 radical (unpaired) electrons. The molecule has 0 bridgehead atoms. The topological polar surface area (TPSA) is 39.4 Å². The quantitative estimate of drug-likeness (QED) is 0.695. The van der Waals surface area contributed by atoms with Crippen LogP contribution in [0.4, 0.5) is 0 Å². The molecule has 17 heavy (non-hydrogen) atoms. The summed E-state index contributed by atoms with van der Waals surface area (Å²) in [5.74, 6) is 0.307. The molecule has 3 heteroatoms. The molecule has 0 spiro atoms. The van der Waals surface area contributed by atoms with Crippen molar-refractivity contribution < 1.29 is 9.15 Å². The van der Waals surface area contributed by atoms with Crippen molar-refractivity contribution in [1.29, 1.82) is 0 Å². The Balaban J connectivity index is 2.36. The predicted molar refractivity (Wildman–Crippen MR) is 66.2 cm³/mol. The van der Waals surface area contributed by atoms with Crippen LogP contribution in [0.5, 0.6) is 5.95 Å². The Morgan fingerprint density at radius 3 is 2.76 bits per heavy atom. The average Bonchev–Trinajstić information content (AvgIpc) is 2.27. The minimum atomic E-state index is -0.439. The lowest BCUT2D eigenvalue weighted by molar-refractivity contribution is 0.119. The average molecular weight is 228 g/mol. The first-order chi connectivity index (χ1) is 8.07. The van der Waals surface area contributed by atoms with Gasteiger partial charge in [0.25, 0.3) is 5.95 Å². The Kier molecular flexibility index (Phi) is 1.93. The van der Waals surface area contributed by atoms with Crippen LogP contribution in [-0.4, -0.2) is 5.60 Å². The lowest BCUT2D eigenvalue weighted by Gasteiger charge is -2.25. The lowest BCUT2D eigenvalue weighted by Crippen LogP contribution is -2.29. The van der Waals surface area contributed by atoms with E-state index in [1.807, 2.05) is 32.1 Å². The molecule has 2 aromatic rings. The van der Waals surface area contributed by atoms with Crippen molar-refractivity contribution in [1.82, 2.24) is 0 Å². The van der Waals surface area contributed by atoms with Gasteiger partial charge in [0.2, 0.25) is 5.43 Å². The highest BCUT2D eigenvalue weighted by molar-refractivity contribution is 5.80. The molecule has 0 atom stereocenters. The maximum Gasteiger partial charge on any atom is 0.297 e. The normalized spacial score (nSPS) is 16.6. The summed E-state index contributed by atoms with van der Waals surface area (Å²) < 4.78 is 11.3. The summed E-state index contributed by atoms with van der Waals surface area (Å²) >= 11 is 0. The van der Waals surface area contributed by atoms with Gasteiger partial charge in [0.05, 0.1) is 5.39 Å². The number of hydrogen-bond donors (Lipinski definition) is 0. The third kappa shape index (κ3) is 1.55. The predicted octanol–water partition coefficient (Wildman–Crippen LogP) is 2.98. The van der Waals surface area contributed by atoms with Gasteiger partial charge in [0.1, 0.15) is 16.7 Å². The highest BCUT2D eigenvalue weighted by Crippen LogP contribution is 2.31.